The first-order chi connectivity index (χ1) is 8.25. The summed E-state index contributed by atoms with van der Waals surface area (Å²) < 4.78 is 1.84. The van der Waals surface area contributed by atoms with Crippen molar-refractivity contribution < 1.29 is 0 Å². The lowest BCUT2D eigenvalue weighted by atomic mass is 10.2. The van der Waals surface area contributed by atoms with Crippen molar-refractivity contribution in [2.45, 2.75) is 13.8 Å². The van der Waals surface area contributed by atoms with Crippen LogP contribution in [0.15, 0.2) is 36.4 Å². The molecule has 0 amide bonds. The molecule has 3 rings (SSSR count). The molecule has 4 heteroatoms. The number of aryl methyl sites for hydroxylation is 2. The molecule has 0 saturated carbocycles. The van der Waals surface area contributed by atoms with E-state index in [9.17, 15) is 0 Å². The lowest BCUT2D eigenvalue weighted by Gasteiger charge is -2.02. The largest absolute Gasteiger partial charge is 0.256 e. The van der Waals surface area contributed by atoms with Crippen LogP contribution >= 0.6 is 0 Å². The molecule has 3 aromatic rings. The van der Waals surface area contributed by atoms with Crippen LogP contribution < -0.4 is 0 Å². The van der Waals surface area contributed by atoms with Crippen LogP contribution in [-0.4, -0.2) is 20.0 Å². The van der Waals surface area contributed by atoms with E-state index in [1.165, 1.54) is 0 Å². The van der Waals surface area contributed by atoms with E-state index in [-0.39, 0.29) is 0 Å². The number of hydrogen-bond donors (Lipinski definition) is 0. The average molecular weight is 224 g/mol. The SMILES string of the molecule is Cc1cc2c(nnn2-c2ccccc2)c(C)n1. The monoisotopic (exact) mass is 224 g/mol. The van der Waals surface area contributed by atoms with E-state index in [4.69, 9.17) is 0 Å². The van der Waals surface area contributed by atoms with Crippen LogP contribution in [0.1, 0.15) is 11.4 Å². The predicted molar refractivity (Wildman–Crippen MR) is 66.1 cm³/mol. The van der Waals surface area contributed by atoms with Crippen LogP contribution in [0.5, 0.6) is 0 Å². The van der Waals surface area contributed by atoms with Gasteiger partial charge in [-0.3, -0.25) is 4.98 Å². The second-order valence-corrected chi connectivity index (χ2v) is 4.05. The fourth-order valence-electron chi connectivity index (χ4n) is 1.98. The summed E-state index contributed by atoms with van der Waals surface area (Å²) in [5.41, 5.74) is 4.78. The van der Waals surface area contributed by atoms with Gasteiger partial charge in [0.1, 0.15) is 5.52 Å². The minimum absolute atomic E-state index is 0.861. The van der Waals surface area contributed by atoms with Gasteiger partial charge in [0, 0.05) is 5.69 Å². The summed E-state index contributed by atoms with van der Waals surface area (Å²) in [4.78, 5) is 4.39. The van der Waals surface area contributed by atoms with E-state index in [1.807, 2.05) is 54.9 Å². The fourth-order valence-corrected chi connectivity index (χ4v) is 1.98. The van der Waals surface area contributed by atoms with Crippen molar-refractivity contribution in [3.8, 4) is 5.69 Å². The Hall–Kier alpha value is -2.23. The van der Waals surface area contributed by atoms with Crippen molar-refractivity contribution >= 4 is 11.0 Å². The zero-order valence-electron chi connectivity index (χ0n) is 9.75. The summed E-state index contributed by atoms with van der Waals surface area (Å²) in [5, 5.41) is 8.38. The van der Waals surface area contributed by atoms with Gasteiger partial charge in [0.25, 0.3) is 0 Å². The summed E-state index contributed by atoms with van der Waals surface area (Å²) in [6, 6.07) is 12.0. The highest BCUT2D eigenvalue weighted by Crippen LogP contribution is 2.18. The molecule has 0 N–H and O–H groups in total. The Labute approximate surface area is 98.9 Å². The predicted octanol–water partition coefficient (Wildman–Crippen LogP) is 2.43. The molecular formula is C13H12N4. The van der Waals surface area contributed by atoms with Gasteiger partial charge in [0.15, 0.2) is 0 Å². The number of para-hydroxylation sites is 1. The molecule has 0 radical (unpaired) electrons. The third kappa shape index (κ3) is 1.58. The summed E-state index contributed by atoms with van der Waals surface area (Å²) in [6.07, 6.45) is 0. The van der Waals surface area contributed by atoms with E-state index in [0.717, 1.165) is 28.1 Å². The molecule has 2 aromatic heterocycles. The van der Waals surface area contributed by atoms with Crippen LogP contribution in [0.3, 0.4) is 0 Å². The maximum Gasteiger partial charge on any atom is 0.134 e. The Morgan fingerprint density at radius 2 is 1.82 bits per heavy atom. The van der Waals surface area contributed by atoms with Crippen molar-refractivity contribution in [1.29, 1.82) is 0 Å². The first-order valence-electron chi connectivity index (χ1n) is 5.51. The van der Waals surface area contributed by atoms with E-state index >= 15 is 0 Å². The zero-order valence-corrected chi connectivity index (χ0v) is 9.75. The molecule has 4 nitrogen and oxygen atoms in total. The molecule has 1 aromatic carbocycles. The Morgan fingerprint density at radius 1 is 1.06 bits per heavy atom. The van der Waals surface area contributed by atoms with E-state index in [0.29, 0.717) is 0 Å². The topological polar surface area (TPSA) is 43.6 Å². The van der Waals surface area contributed by atoms with Crippen LogP contribution in [0, 0.1) is 13.8 Å². The summed E-state index contributed by atoms with van der Waals surface area (Å²) >= 11 is 0. The highest BCUT2D eigenvalue weighted by atomic mass is 15.4. The third-order valence-corrected chi connectivity index (χ3v) is 2.74. The highest BCUT2D eigenvalue weighted by Gasteiger charge is 2.09. The van der Waals surface area contributed by atoms with Crippen LogP contribution in [-0.2, 0) is 0 Å². The Morgan fingerprint density at radius 3 is 2.59 bits per heavy atom. The fraction of sp³-hybridized carbons (Fsp3) is 0.154. The lowest BCUT2D eigenvalue weighted by Crippen LogP contribution is -1.96. The molecular weight excluding hydrogens is 212 g/mol. The number of aromatic nitrogens is 4. The van der Waals surface area contributed by atoms with Gasteiger partial charge < -0.3 is 0 Å². The van der Waals surface area contributed by atoms with E-state index in [2.05, 4.69) is 15.3 Å². The van der Waals surface area contributed by atoms with Gasteiger partial charge in [-0.05, 0) is 32.0 Å². The molecule has 0 aliphatic rings. The molecule has 0 bridgehead atoms. The van der Waals surface area contributed by atoms with Gasteiger partial charge in [0.2, 0.25) is 0 Å². The molecule has 0 fully saturated rings. The molecule has 0 aliphatic carbocycles. The molecule has 2 heterocycles. The quantitative estimate of drug-likeness (QED) is 0.637. The molecule has 0 spiro atoms. The number of rotatable bonds is 1. The van der Waals surface area contributed by atoms with Crippen LogP contribution in [0.25, 0.3) is 16.7 Å². The van der Waals surface area contributed by atoms with E-state index < -0.39 is 0 Å². The van der Waals surface area contributed by atoms with Gasteiger partial charge in [-0.15, -0.1) is 5.10 Å². The lowest BCUT2D eigenvalue weighted by molar-refractivity contribution is 0.823. The highest BCUT2D eigenvalue weighted by molar-refractivity contribution is 5.78. The number of hydrogen-bond acceptors (Lipinski definition) is 3. The maximum atomic E-state index is 4.39. The standard InChI is InChI=1S/C13H12N4/c1-9-8-12-13(10(2)14-9)15-16-17(12)11-6-4-3-5-7-11/h3-8H,1-2H3. The third-order valence-electron chi connectivity index (χ3n) is 2.74. The van der Waals surface area contributed by atoms with Crippen molar-refractivity contribution in [3.63, 3.8) is 0 Å². The zero-order chi connectivity index (χ0) is 11.8. The second kappa shape index (κ2) is 3.66. The molecule has 0 atom stereocenters. The first kappa shape index (κ1) is 9.96. The van der Waals surface area contributed by atoms with Crippen LogP contribution in [0.4, 0.5) is 0 Å². The Bertz CT molecular complexity index is 670. The van der Waals surface area contributed by atoms with E-state index in [1.54, 1.807) is 0 Å². The van der Waals surface area contributed by atoms with Crippen molar-refractivity contribution in [2.75, 3.05) is 0 Å². The smallest absolute Gasteiger partial charge is 0.134 e. The van der Waals surface area contributed by atoms with Gasteiger partial charge in [-0.25, -0.2) is 4.68 Å². The van der Waals surface area contributed by atoms with Crippen molar-refractivity contribution in [3.05, 3.63) is 47.8 Å². The Kier molecular flexibility index (Phi) is 2.14. The number of pyridine rings is 1. The van der Waals surface area contributed by atoms with Crippen molar-refractivity contribution in [2.24, 2.45) is 0 Å². The molecule has 0 aliphatic heterocycles. The first-order valence-corrected chi connectivity index (χ1v) is 5.51. The Balaban J connectivity index is 2.32. The molecule has 17 heavy (non-hydrogen) atoms. The van der Waals surface area contributed by atoms with Gasteiger partial charge >= 0.3 is 0 Å². The van der Waals surface area contributed by atoms with Crippen molar-refractivity contribution in [1.82, 2.24) is 20.0 Å². The summed E-state index contributed by atoms with van der Waals surface area (Å²) in [7, 11) is 0. The second-order valence-electron chi connectivity index (χ2n) is 4.05. The van der Waals surface area contributed by atoms with Crippen LogP contribution in [0.2, 0.25) is 0 Å². The normalized spacial score (nSPS) is 10.9. The molecule has 0 unspecified atom stereocenters. The van der Waals surface area contributed by atoms with Gasteiger partial charge in [-0.2, -0.15) is 0 Å². The maximum absolute atomic E-state index is 4.39. The molecule has 84 valence electrons. The number of nitrogens with zero attached hydrogens (tertiary/aromatic N) is 4. The van der Waals surface area contributed by atoms with Gasteiger partial charge in [-0.1, -0.05) is 23.4 Å². The minimum atomic E-state index is 0.861. The minimum Gasteiger partial charge on any atom is -0.256 e. The number of benzene rings is 1. The summed E-state index contributed by atoms with van der Waals surface area (Å²) in [5.74, 6) is 0. The molecule has 0 saturated heterocycles. The number of fused-ring (bicyclic) bond motifs is 1. The average Bonchev–Trinajstić information content (AvgIpc) is 2.74. The van der Waals surface area contributed by atoms with Gasteiger partial charge in [0.05, 0.1) is 16.9 Å². The summed E-state index contributed by atoms with van der Waals surface area (Å²) in [6.45, 7) is 3.94.